The molecule has 5 nitrogen and oxygen atoms in total. The molecule has 0 radical (unpaired) electrons. The summed E-state index contributed by atoms with van der Waals surface area (Å²) < 4.78 is 11.4. The smallest absolute Gasteiger partial charge is 0.179 e. The van der Waals surface area contributed by atoms with Crippen LogP contribution >= 0.6 is 23.2 Å². The second kappa shape index (κ2) is 11.1. The summed E-state index contributed by atoms with van der Waals surface area (Å²) in [6.07, 6.45) is 0. The molecular weight excluding hydrogens is 471 g/mol. The van der Waals surface area contributed by atoms with Gasteiger partial charge in [-0.15, -0.1) is 0 Å². The van der Waals surface area contributed by atoms with E-state index in [0.29, 0.717) is 33.7 Å². The van der Waals surface area contributed by atoms with Gasteiger partial charge in [0.1, 0.15) is 6.61 Å². The second-order valence-corrected chi connectivity index (χ2v) is 9.06. The Morgan fingerprint density at radius 1 is 0.941 bits per heavy atom. The van der Waals surface area contributed by atoms with Gasteiger partial charge in [0.2, 0.25) is 0 Å². The van der Waals surface area contributed by atoms with Crippen LogP contribution in [0.3, 0.4) is 0 Å². The number of carbonyl (C=O) groups excluding carboxylic acids is 1. The van der Waals surface area contributed by atoms with Crippen LogP contribution in [0.5, 0.6) is 11.5 Å². The minimum Gasteiger partial charge on any atom is -0.493 e. The van der Waals surface area contributed by atoms with Gasteiger partial charge in [0, 0.05) is 31.7 Å². The zero-order chi connectivity index (χ0) is 24.1. The number of Topliss-reactive ketones (excluding diaryl/α,β-unsaturated/α-hetero) is 1. The number of methoxy groups -OCH3 is 1. The highest BCUT2D eigenvalue weighted by molar-refractivity contribution is 6.43. The van der Waals surface area contributed by atoms with Gasteiger partial charge in [-0.1, -0.05) is 59.6 Å². The fraction of sp³-hybridized carbons (Fsp3) is 0.296. The van der Waals surface area contributed by atoms with E-state index in [4.69, 9.17) is 32.7 Å². The highest BCUT2D eigenvalue weighted by Crippen LogP contribution is 2.33. The Morgan fingerprint density at radius 2 is 1.68 bits per heavy atom. The molecule has 3 aromatic carbocycles. The number of benzene rings is 3. The average molecular weight is 499 g/mol. The first kappa shape index (κ1) is 24.4. The zero-order valence-corrected chi connectivity index (χ0v) is 20.9. The molecule has 1 fully saturated rings. The van der Waals surface area contributed by atoms with Gasteiger partial charge in [0.05, 0.1) is 28.9 Å². The van der Waals surface area contributed by atoms with Crippen LogP contribution in [-0.4, -0.2) is 50.0 Å². The largest absolute Gasteiger partial charge is 0.493 e. The van der Waals surface area contributed by atoms with Crippen LogP contribution < -0.4 is 14.4 Å². The fourth-order valence-electron chi connectivity index (χ4n) is 4.17. The van der Waals surface area contributed by atoms with E-state index in [0.717, 1.165) is 37.4 Å². The maximum atomic E-state index is 13.3. The van der Waals surface area contributed by atoms with Crippen molar-refractivity contribution in [1.29, 1.82) is 0 Å². The van der Waals surface area contributed by atoms with Gasteiger partial charge in [-0.2, -0.15) is 0 Å². The number of ketones is 1. The molecule has 1 atom stereocenters. The van der Waals surface area contributed by atoms with Gasteiger partial charge in [0.15, 0.2) is 17.3 Å². The molecule has 1 unspecified atom stereocenters. The van der Waals surface area contributed by atoms with Crippen LogP contribution in [0.15, 0.2) is 66.7 Å². The molecular formula is C27H28Cl2N2O3. The number of halogens is 2. The van der Waals surface area contributed by atoms with E-state index in [1.807, 2.05) is 55.5 Å². The number of hydrogen-bond donors (Lipinski definition) is 0. The first-order valence-electron chi connectivity index (χ1n) is 11.3. The summed E-state index contributed by atoms with van der Waals surface area (Å²) in [5.74, 6) is 1.22. The molecule has 4 rings (SSSR count). The monoisotopic (exact) mass is 498 g/mol. The van der Waals surface area contributed by atoms with E-state index in [-0.39, 0.29) is 11.8 Å². The summed E-state index contributed by atoms with van der Waals surface area (Å²) in [5, 5.41) is 1.12. The lowest BCUT2D eigenvalue weighted by molar-refractivity contribution is 0.0829. The molecule has 1 aliphatic rings. The van der Waals surface area contributed by atoms with Crippen molar-refractivity contribution in [3.63, 3.8) is 0 Å². The minimum atomic E-state index is -0.252. The van der Waals surface area contributed by atoms with Crippen molar-refractivity contribution in [3.05, 3.63) is 87.9 Å². The van der Waals surface area contributed by atoms with Crippen molar-refractivity contribution in [2.45, 2.75) is 19.6 Å². The molecule has 0 aromatic heterocycles. The van der Waals surface area contributed by atoms with E-state index in [1.54, 1.807) is 25.3 Å². The van der Waals surface area contributed by atoms with E-state index in [1.165, 1.54) is 0 Å². The van der Waals surface area contributed by atoms with E-state index in [9.17, 15) is 4.79 Å². The normalized spacial score (nSPS) is 15.1. The van der Waals surface area contributed by atoms with E-state index >= 15 is 0 Å². The molecule has 0 bridgehead atoms. The van der Waals surface area contributed by atoms with Crippen molar-refractivity contribution in [2.75, 3.05) is 38.2 Å². The Bertz CT molecular complexity index is 1130. The lowest BCUT2D eigenvalue weighted by Gasteiger charge is -2.39. The highest BCUT2D eigenvalue weighted by atomic mass is 35.5. The van der Waals surface area contributed by atoms with E-state index in [2.05, 4.69) is 9.80 Å². The highest BCUT2D eigenvalue weighted by Gasteiger charge is 2.27. The molecule has 3 aromatic rings. The summed E-state index contributed by atoms with van der Waals surface area (Å²) >= 11 is 12.6. The van der Waals surface area contributed by atoms with Crippen LogP contribution in [0.2, 0.25) is 10.0 Å². The predicted molar refractivity (Wildman–Crippen MR) is 138 cm³/mol. The Balaban J connectivity index is 1.39. The van der Waals surface area contributed by atoms with Gasteiger partial charge >= 0.3 is 0 Å². The van der Waals surface area contributed by atoms with Crippen molar-refractivity contribution in [3.8, 4) is 11.5 Å². The maximum Gasteiger partial charge on any atom is 0.179 e. The Morgan fingerprint density at radius 3 is 2.38 bits per heavy atom. The molecule has 0 amide bonds. The van der Waals surface area contributed by atoms with Crippen molar-refractivity contribution in [1.82, 2.24) is 4.90 Å². The summed E-state index contributed by atoms with van der Waals surface area (Å²) in [6, 6.07) is 20.7. The van der Waals surface area contributed by atoms with Crippen molar-refractivity contribution >= 4 is 34.7 Å². The molecule has 0 N–H and O–H groups in total. The molecule has 34 heavy (non-hydrogen) atoms. The Labute approximate surface area is 210 Å². The van der Waals surface area contributed by atoms with E-state index < -0.39 is 0 Å². The summed E-state index contributed by atoms with van der Waals surface area (Å²) in [4.78, 5) is 17.7. The van der Waals surface area contributed by atoms with Gasteiger partial charge in [-0.3, -0.25) is 9.69 Å². The number of anilines is 1. The first-order valence-corrected chi connectivity index (χ1v) is 12.1. The van der Waals surface area contributed by atoms with Crippen LogP contribution in [0, 0.1) is 0 Å². The number of hydrogen-bond acceptors (Lipinski definition) is 5. The second-order valence-electron chi connectivity index (χ2n) is 8.28. The lowest BCUT2D eigenvalue weighted by Crippen LogP contribution is -2.51. The summed E-state index contributed by atoms with van der Waals surface area (Å²) in [7, 11) is 1.59. The first-order chi connectivity index (χ1) is 16.5. The zero-order valence-electron chi connectivity index (χ0n) is 19.3. The van der Waals surface area contributed by atoms with Gasteiger partial charge in [-0.05, 0) is 42.8 Å². The van der Waals surface area contributed by atoms with Gasteiger partial charge in [0.25, 0.3) is 0 Å². The summed E-state index contributed by atoms with van der Waals surface area (Å²) in [5.41, 5.74) is 2.61. The van der Waals surface area contributed by atoms with Crippen LogP contribution in [0.1, 0.15) is 22.8 Å². The Kier molecular flexibility index (Phi) is 7.99. The quantitative estimate of drug-likeness (QED) is 0.357. The number of piperazine rings is 1. The number of nitrogens with zero attached hydrogens (tertiary/aromatic N) is 2. The summed E-state index contributed by atoms with van der Waals surface area (Å²) in [6.45, 7) is 5.44. The third-order valence-electron chi connectivity index (χ3n) is 6.20. The third kappa shape index (κ3) is 5.49. The topological polar surface area (TPSA) is 42.0 Å². The van der Waals surface area contributed by atoms with Crippen LogP contribution in [0.25, 0.3) is 0 Å². The molecule has 0 saturated carbocycles. The molecule has 1 heterocycles. The van der Waals surface area contributed by atoms with Gasteiger partial charge < -0.3 is 14.4 Å². The number of carbonyl (C=O) groups is 1. The van der Waals surface area contributed by atoms with Crippen molar-refractivity contribution < 1.29 is 14.3 Å². The molecule has 7 heteroatoms. The average Bonchev–Trinajstić information content (AvgIpc) is 2.89. The molecule has 0 spiro atoms. The fourth-order valence-corrected chi connectivity index (χ4v) is 4.58. The predicted octanol–water partition coefficient (Wildman–Crippen LogP) is 5.97. The Hall–Kier alpha value is -2.73. The number of rotatable bonds is 8. The molecule has 1 saturated heterocycles. The number of ether oxygens (including phenoxy) is 2. The van der Waals surface area contributed by atoms with Gasteiger partial charge in [-0.25, -0.2) is 0 Å². The SMILES string of the molecule is COc1cc(C(=O)C(C)N2CCN(c3cccc(Cl)c3Cl)CC2)ccc1OCc1ccccc1. The molecule has 1 aliphatic heterocycles. The van der Waals surface area contributed by atoms with Crippen molar-refractivity contribution in [2.24, 2.45) is 0 Å². The van der Waals surface area contributed by atoms with Crippen LogP contribution in [0.4, 0.5) is 5.69 Å². The molecule has 0 aliphatic carbocycles. The molecule has 178 valence electrons. The third-order valence-corrected chi connectivity index (χ3v) is 7.01. The maximum absolute atomic E-state index is 13.3. The lowest BCUT2D eigenvalue weighted by atomic mass is 10.0. The minimum absolute atomic E-state index is 0.0575. The van der Waals surface area contributed by atoms with Crippen LogP contribution in [-0.2, 0) is 6.61 Å². The standard InChI is InChI=1S/C27H28Cl2N2O3/c1-19(30-13-15-31(16-14-30)23-10-6-9-22(28)26(23)29)27(32)21-11-12-24(25(17-21)33-2)34-18-20-7-4-3-5-8-20/h3-12,17,19H,13-16,18H2,1-2H3.